The molecule has 3 heterocycles. The van der Waals surface area contributed by atoms with Gasteiger partial charge in [-0.05, 0) is 19.4 Å². The molecule has 2 aliphatic rings. The van der Waals surface area contributed by atoms with Gasteiger partial charge >= 0.3 is 0 Å². The third-order valence-corrected chi connectivity index (χ3v) is 4.45. The Morgan fingerprint density at radius 1 is 1.23 bits per heavy atom. The molecule has 0 amide bonds. The molecule has 6 nitrogen and oxygen atoms in total. The van der Waals surface area contributed by atoms with Gasteiger partial charge in [0.2, 0.25) is 5.95 Å². The summed E-state index contributed by atoms with van der Waals surface area (Å²) in [5.74, 6) is 0.871. The molecule has 0 saturated carbocycles. The van der Waals surface area contributed by atoms with Crippen molar-refractivity contribution in [1.29, 1.82) is 0 Å². The van der Waals surface area contributed by atoms with Crippen molar-refractivity contribution >= 4 is 5.95 Å². The van der Waals surface area contributed by atoms with Crippen molar-refractivity contribution in [3.63, 3.8) is 0 Å². The van der Waals surface area contributed by atoms with Gasteiger partial charge in [-0.1, -0.05) is 6.92 Å². The summed E-state index contributed by atoms with van der Waals surface area (Å²) in [6.45, 7) is 10.1. The lowest BCUT2D eigenvalue weighted by Crippen LogP contribution is -2.46. The van der Waals surface area contributed by atoms with Crippen LogP contribution in [0.25, 0.3) is 0 Å². The minimum Gasteiger partial charge on any atom is -0.374 e. The van der Waals surface area contributed by atoms with Crippen LogP contribution in [0.15, 0.2) is 12.4 Å². The van der Waals surface area contributed by atoms with Crippen molar-refractivity contribution in [1.82, 2.24) is 20.2 Å². The highest BCUT2D eigenvalue weighted by molar-refractivity contribution is 5.30. The first-order valence-corrected chi connectivity index (χ1v) is 8.45. The van der Waals surface area contributed by atoms with Gasteiger partial charge in [-0.15, -0.1) is 0 Å². The molecule has 0 spiro atoms. The predicted octanol–water partition coefficient (Wildman–Crippen LogP) is 0.887. The maximum Gasteiger partial charge on any atom is 0.225 e. The van der Waals surface area contributed by atoms with Crippen molar-refractivity contribution in [2.45, 2.75) is 32.4 Å². The zero-order chi connectivity index (χ0) is 15.2. The zero-order valence-corrected chi connectivity index (χ0v) is 13.5. The van der Waals surface area contributed by atoms with Gasteiger partial charge < -0.3 is 15.0 Å². The molecule has 1 N–H and O–H groups in total. The van der Waals surface area contributed by atoms with Crippen molar-refractivity contribution in [3.8, 4) is 0 Å². The highest BCUT2D eigenvalue weighted by Gasteiger charge is 2.18. The first-order valence-electron chi connectivity index (χ1n) is 8.45. The van der Waals surface area contributed by atoms with Gasteiger partial charge in [0.05, 0.1) is 12.7 Å². The molecular weight excluding hydrogens is 278 g/mol. The summed E-state index contributed by atoms with van der Waals surface area (Å²) in [5, 5.41) is 3.46. The van der Waals surface area contributed by atoms with Crippen molar-refractivity contribution < 1.29 is 4.74 Å². The van der Waals surface area contributed by atoms with E-state index in [-0.39, 0.29) is 0 Å². The van der Waals surface area contributed by atoms with E-state index in [0.29, 0.717) is 6.10 Å². The molecule has 1 aromatic rings. The van der Waals surface area contributed by atoms with E-state index in [2.05, 4.69) is 32.0 Å². The Labute approximate surface area is 132 Å². The summed E-state index contributed by atoms with van der Waals surface area (Å²) in [6, 6.07) is 0. The Morgan fingerprint density at radius 3 is 2.73 bits per heavy atom. The third-order valence-electron chi connectivity index (χ3n) is 4.45. The van der Waals surface area contributed by atoms with E-state index in [1.165, 1.54) is 12.8 Å². The largest absolute Gasteiger partial charge is 0.374 e. The summed E-state index contributed by atoms with van der Waals surface area (Å²) in [7, 11) is 0. The second kappa shape index (κ2) is 7.85. The summed E-state index contributed by atoms with van der Waals surface area (Å²) in [4.78, 5) is 13.7. The van der Waals surface area contributed by atoms with Crippen LogP contribution in [-0.4, -0.2) is 66.8 Å². The van der Waals surface area contributed by atoms with Gasteiger partial charge in [-0.2, -0.15) is 0 Å². The van der Waals surface area contributed by atoms with Crippen molar-refractivity contribution in [2.24, 2.45) is 0 Å². The standard InChI is InChI=1S/C16H27N5O/c1-2-20-7-8-22-15(13-20)12-17-9-14-10-18-16(19-11-14)21-5-3-4-6-21/h10-11,15,17H,2-9,12-13H2,1H3/t15-/m0/s1. The predicted molar refractivity (Wildman–Crippen MR) is 87.0 cm³/mol. The molecule has 6 heteroatoms. The number of ether oxygens (including phenoxy) is 1. The summed E-state index contributed by atoms with van der Waals surface area (Å²) >= 11 is 0. The molecule has 1 aromatic heterocycles. The minimum atomic E-state index is 0.290. The van der Waals surface area contributed by atoms with Gasteiger partial charge in [0.25, 0.3) is 0 Å². The van der Waals surface area contributed by atoms with E-state index in [1.54, 1.807) is 0 Å². The highest BCUT2D eigenvalue weighted by Crippen LogP contribution is 2.14. The van der Waals surface area contributed by atoms with E-state index in [1.807, 2.05) is 12.4 Å². The number of rotatable bonds is 6. The number of nitrogens with one attached hydrogen (secondary N) is 1. The van der Waals surface area contributed by atoms with Crippen LogP contribution in [0.5, 0.6) is 0 Å². The number of morpholine rings is 1. The van der Waals surface area contributed by atoms with Crippen LogP contribution in [0, 0.1) is 0 Å². The molecule has 0 aromatic carbocycles. The Bertz CT molecular complexity index is 446. The first kappa shape index (κ1) is 15.6. The van der Waals surface area contributed by atoms with E-state index < -0.39 is 0 Å². The Hall–Kier alpha value is -1.24. The van der Waals surface area contributed by atoms with Gasteiger partial charge in [0, 0.05) is 57.2 Å². The Kier molecular flexibility index (Phi) is 5.58. The maximum absolute atomic E-state index is 5.79. The van der Waals surface area contributed by atoms with Crippen LogP contribution in [0.1, 0.15) is 25.3 Å². The van der Waals surface area contributed by atoms with E-state index in [9.17, 15) is 0 Å². The molecule has 22 heavy (non-hydrogen) atoms. The van der Waals surface area contributed by atoms with Crippen LogP contribution in [-0.2, 0) is 11.3 Å². The molecule has 2 fully saturated rings. The molecule has 3 rings (SSSR count). The van der Waals surface area contributed by atoms with Gasteiger partial charge in [0.15, 0.2) is 0 Å². The molecule has 0 unspecified atom stereocenters. The lowest BCUT2D eigenvalue weighted by atomic mass is 10.2. The Morgan fingerprint density at radius 2 is 2.00 bits per heavy atom. The molecule has 0 aliphatic carbocycles. The normalized spacial score (nSPS) is 23.1. The maximum atomic E-state index is 5.79. The third kappa shape index (κ3) is 4.15. The molecular formula is C16H27N5O. The highest BCUT2D eigenvalue weighted by atomic mass is 16.5. The SMILES string of the molecule is CCN1CCO[C@@H](CNCc2cnc(N3CCCC3)nc2)C1. The molecule has 2 saturated heterocycles. The summed E-state index contributed by atoms with van der Waals surface area (Å²) in [5.41, 5.74) is 1.13. The fourth-order valence-electron chi connectivity index (χ4n) is 3.09. The quantitative estimate of drug-likeness (QED) is 0.842. The number of likely N-dealkylation sites (N-methyl/N-ethyl adjacent to an activating group) is 1. The number of hydrogen-bond acceptors (Lipinski definition) is 6. The fraction of sp³-hybridized carbons (Fsp3) is 0.750. The average molecular weight is 305 g/mol. The molecule has 2 aliphatic heterocycles. The minimum absolute atomic E-state index is 0.290. The number of hydrogen-bond donors (Lipinski definition) is 1. The second-order valence-corrected chi connectivity index (χ2v) is 6.10. The van der Waals surface area contributed by atoms with Crippen LogP contribution in [0.2, 0.25) is 0 Å². The van der Waals surface area contributed by atoms with Crippen molar-refractivity contribution in [3.05, 3.63) is 18.0 Å². The van der Waals surface area contributed by atoms with Crippen molar-refractivity contribution in [2.75, 3.05) is 50.8 Å². The first-order chi connectivity index (χ1) is 10.8. The summed E-state index contributed by atoms with van der Waals surface area (Å²) in [6.07, 6.45) is 6.67. The van der Waals surface area contributed by atoms with E-state index in [0.717, 1.165) is 63.9 Å². The lowest BCUT2D eigenvalue weighted by Gasteiger charge is -2.32. The molecule has 0 bridgehead atoms. The monoisotopic (exact) mass is 305 g/mol. The zero-order valence-electron chi connectivity index (χ0n) is 13.5. The van der Waals surface area contributed by atoms with Crippen LogP contribution >= 0.6 is 0 Å². The number of nitrogens with zero attached hydrogens (tertiary/aromatic N) is 4. The van der Waals surface area contributed by atoms with Gasteiger partial charge in [-0.3, -0.25) is 4.90 Å². The van der Waals surface area contributed by atoms with Crippen LogP contribution in [0.4, 0.5) is 5.95 Å². The Balaban J connectivity index is 1.41. The lowest BCUT2D eigenvalue weighted by molar-refractivity contribution is -0.0253. The summed E-state index contributed by atoms with van der Waals surface area (Å²) < 4.78 is 5.79. The molecule has 0 radical (unpaired) electrons. The van der Waals surface area contributed by atoms with Gasteiger partial charge in [0.1, 0.15) is 0 Å². The molecule has 122 valence electrons. The fourth-order valence-corrected chi connectivity index (χ4v) is 3.09. The second-order valence-electron chi connectivity index (χ2n) is 6.10. The van der Waals surface area contributed by atoms with Crippen LogP contribution < -0.4 is 10.2 Å². The average Bonchev–Trinajstić information content (AvgIpc) is 3.10. The van der Waals surface area contributed by atoms with E-state index in [4.69, 9.17) is 4.74 Å². The molecule has 1 atom stereocenters. The van der Waals surface area contributed by atoms with E-state index >= 15 is 0 Å². The van der Waals surface area contributed by atoms with Gasteiger partial charge in [-0.25, -0.2) is 9.97 Å². The number of anilines is 1. The van der Waals surface area contributed by atoms with Crippen LogP contribution in [0.3, 0.4) is 0 Å². The number of aromatic nitrogens is 2. The topological polar surface area (TPSA) is 53.5 Å². The smallest absolute Gasteiger partial charge is 0.225 e.